The van der Waals surface area contributed by atoms with Crippen molar-refractivity contribution in [1.29, 1.82) is 0 Å². The summed E-state index contributed by atoms with van der Waals surface area (Å²) in [7, 11) is 0. The number of thiophene rings is 1. The van der Waals surface area contributed by atoms with Gasteiger partial charge in [-0.15, -0.1) is 0 Å². The summed E-state index contributed by atoms with van der Waals surface area (Å²) in [6.45, 7) is 3.00. The van der Waals surface area contributed by atoms with Crippen molar-refractivity contribution in [3.63, 3.8) is 0 Å². The maximum absolute atomic E-state index is 10.8. The Morgan fingerprint density at radius 1 is 1.65 bits per heavy atom. The van der Waals surface area contributed by atoms with Gasteiger partial charge in [0.05, 0.1) is 19.6 Å². The number of rotatable bonds is 5. The quantitative estimate of drug-likeness (QED) is 0.865. The molecule has 0 aliphatic carbocycles. The van der Waals surface area contributed by atoms with E-state index in [4.69, 9.17) is 9.84 Å². The number of carboxylic acids is 1. The van der Waals surface area contributed by atoms with Gasteiger partial charge in [0.1, 0.15) is 0 Å². The molecule has 1 aliphatic rings. The predicted octanol–water partition coefficient (Wildman–Crippen LogP) is 1.47. The number of carboxylic acid groups (broad SMARTS) is 1. The smallest absolute Gasteiger partial charge is 0.305 e. The number of nitrogens with zero attached hydrogens (tertiary/aromatic N) is 1. The molecule has 0 spiro atoms. The van der Waals surface area contributed by atoms with E-state index >= 15 is 0 Å². The van der Waals surface area contributed by atoms with E-state index in [9.17, 15) is 4.79 Å². The summed E-state index contributed by atoms with van der Waals surface area (Å²) in [6, 6.07) is 2.15. The standard InChI is InChI=1S/C12H17NO3S/c14-12(15)7-11-8-16-5-4-13(11)3-1-10-2-6-17-9-10/h2,6,9,11H,1,3-5,7-8H2,(H,14,15). The molecular weight excluding hydrogens is 238 g/mol. The lowest BCUT2D eigenvalue weighted by Crippen LogP contribution is -2.47. The fourth-order valence-corrected chi connectivity index (χ4v) is 2.78. The second kappa shape index (κ2) is 6.14. The van der Waals surface area contributed by atoms with Crippen LogP contribution in [0.5, 0.6) is 0 Å². The van der Waals surface area contributed by atoms with Gasteiger partial charge < -0.3 is 9.84 Å². The molecule has 2 rings (SSSR count). The van der Waals surface area contributed by atoms with Crippen LogP contribution >= 0.6 is 11.3 Å². The number of hydrogen-bond acceptors (Lipinski definition) is 4. The average Bonchev–Trinajstić information content (AvgIpc) is 2.80. The fourth-order valence-electron chi connectivity index (χ4n) is 2.08. The molecule has 1 fully saturated rings. The normalized spacial score (nSPS) is 21.5. The summed E-state index contributed by atoms with van der Waals surface area (Å²) in [4.78, 5) is 13.0. The van der Waals surface area contributed by atoms with Gasteiger partial charge in [-0.3, -0.25) is 9.69 Å². The molecular formula is C12H17NO3S. The van der Waals surface area contributed by atoms with Crippen molar-refractivity contribution < 1.29 is 14.6 Å². The first-order valence-corrected chi connectivity index (χ1v) is 6.74. The first-order valence-electron chi connectivity index (χ1n) is 5.80. The van der Waals surface area contributed by atoms with E-state index in [0.717, 1.165) is 19.5 Å². The Morgan fingerprint density at radius 3 is 3.24 bits per heavy atom. The fraction of sp³-hybridized carbons (Fsp3) is 0.583. The number of carbonyl (C=O) groups is 1. The first kappa shape index (κ1) is 12.5. The van der Waals surface area contributed by atoms with E-state index in [1.54, 1.807) is 11.3 Å². The predicted molar refractivity (Wildman–Crippen MR) is 66.5 cm³/mol. The van der Waals surface area contributed by atoms with Crippen LogP contribution in [0, 0.1) is 0 Å². The van der Waals surface area contributed by atoms with Crippen LogP contribution in [0.2, 0.25) is 0 Å². The highest BCUT2D eigenvalue weighted by molar-refractivity contribution is 7.07. The average molecular weight is 255 g/mol. The van der Waals surface area contributed by atoms with Crippen LogP contribution in [0.25, 0.3) is 0 Å². The van der Waals surface area contributed by atoms with Crippen LogP contribution in [-0.4, -0.2) is 48.3 Å². The SMILES string of the molecule is O=C(O)CC1COCCN1CCc1ccsc1. The van der Waals surface area contributed by atoms with Gasteiger partial charge in [0, 0.05) is 19.1 Å². The van der Waals surface area contributed by atoms with E-state index in [0.29, 0.717) is 13.2 Å². The van der Waals surface area contributed by atoms with Crippen molar-refractivity contribution in [2.45, 2.75) is 18.9 Å². The second-order valence-corrected chi connectivity index (χ2v) is 5.02. The van der Waals surface area contributed by atoms with Crippen molar-refractivity contribution in [2.75, 3.05) is 26.3 Å². The van der Waals surface area contributed by atoms with Gasteiger partial charge in [-0.1, -0.05) is 0 Å². The Morgan fingerprint density at radius 2 is 2.53 bits per heavy atom. The Bertz CT molecular complexity index is 353. The maximum Gasteiger partial charge on any atom is 0.305 e. The highest BCUT2D eigenvalue weighted by atomic mass is 32.1. The topological polar surface area (TPSA) is 49.8 Å². The first-order chi connectivity index (χ1) is 8.25. The Hall–Kier alpha value is -0.910. The molecule has 17 heavy (non-hydrogen) atoms. The molecule has 1 aliphatic heterocycles. The number of hydrogen-bond donors (Lipinski definition) is 1. The van der Waals surface area contributed by atoms with Crippen LogP contribution in [0.3, 0.4) is 0 Å². The molecule has 4 nitrogen and oxygen atoms in total. The minimum absolute atomic E-state index is 0.0277. The molecule has 1 saturated heterocycles. The zero-order chi connectivity index (χ0) is 12.1. The molecule has 0 amide bonds. The van der Waals surface area contributed by atoms with Gasteiger partial charge in [0.25, 0.3) is 0 Å². The van der Waals surface area contributed by atoms with Gasteiger partial charge in [-0.05, 0) is 28.8 Å². The molecule has 1 aromatic rings. The zero-order valence-electron chi connectivity index (χ0n) is 9.67. The molecule has 94 valence electrons. The highest BCUT2D eigenvalue weighted by Gasteiger charge is 2.24. The van der Waals surface area contributed by atoms with E-state index in [1.165, 1.54) is 5.56 Å². The Balaban J connectivity index is 1.85. The summed E-state index contributed by atoms with van der Waals surface area (Å²) in [5, 5.41) is 13.1. The van der Waals surface area contributed by atoms with Crippen molar-refractivity contribution in [3.8, 4) is 0 Å². The molecule has 5 heteroatoms. The van der Waals surface area contributed by atoms with Crippen molar-refractivity contribution in [3.05, 3.63) is 22.4 Å². The van der Waals surface area contributed by atoms with Gasteiger partial charge >= 0.3 is 5.97 Å². The van der Waals surface area contributed by atoms with Crippen molar-refractivity contribution in [1.82, 2.24) is 4.90 Å². The molecule has 0 radical (unpaired) electrons. The number of morpholine rings is 1. The monoisotopic (exact) mass is 255 g/mol. The molecule has 1 aromatic heterocycles. The van der Waals surface area contributed by atoms with Gasteiger partial charge in [0.2, 0.25) is 0 Å². The lowest BCUT2D eigenvalue weighted by atomic mass is 10.1. The third-order valence-corrected chi connectivity index (χ3v) is 3.76. The Labute approximate surface area is 105 Å². The number of aliphatic carboxylic acids is 1. The largest absolute Gasteiger partial charge is 0.481 e. The molecule has 1 atom stereocenters. The summed E-state index contributed by atoms with van der Waals surface area (Å²) in [6.07, 6.45) is 1.16. The van der Waals surface area contributed by atoms with Gasteiger partial charge in [-0.2, -0.15) is 11.3 Å². The van der Waals surface area contributed by atoms with Crippen molar-refractivity contribution in [2.24, 2.45) is 0 Å². The summed E-state index contributed by atoms with van der Waals surface area (Å²) < 4.78 is 5.35. The molecule has 1 unspecified atom stereocenters. The molecule has 0 aromatic carbocycles. The number of ether oxygens (including phenoxy) is 1. The molecule has 1 N–H and O–H groups in total. The maximum atomic E-state index is 10.8. The lowest BCUT2D eigenvalue weighted by molar-refractivity contribution is -0.140. The molecule has 0 saturated carbocycles. The Kier molecular flexibility index (Phi) is 4.53. The lowest BCUT2D eigenvalue weighted by Gasteiger charge is -2.34. The van der Waals surface area contributed by atoms with Crippen LogP contribution < -0.4 is 0 Å². The third kappa shape index (κ3) is 3.80. The summed E-state index contributed by atoms with van der Waals surface area (Å²) in [5.74, 6) is -0.749. The molecule has 2 heterocycles. The second-order valence-electron chi connectivity index (χ2n) is 4.24. The minimum Gasteiger partial charge on any atom is -0.481 e. The van der Waals surface area contributed by atoms with Crippen LogP contribution in [0.1, 0.15) is 12.0 Å². The highest BCUT2D eigenvalue weighted by Crippen LogP contribution is 2.13. The molecule has 0 bridgehead atoms. The van der Waals surface area contributed by atoms with Crippen molar-refractivity contribution >= 4 is 17.3 Å². The minimum atomic E-state index is -0.749. The summed E-state index contributed by atoms with van der Waals surface area (Å²) >= 11 is 1.70. The van der Waals surface area contributed by atoms with Crippen LogP contribution in [-0.2, 0) is 16.0 Å². The zero-order valence-corrected chi connectivity index (χ0v) is 10.5. The van der Waals surface area contributed by atoms with E-state index in [-0.39, 0.29) is 12.5 Å². The van der Waals surface area contributed by atoms with E-state index < -0.39 is 5.97 Å². The van der Waals surface area contributed by atoms with Gasteiger partial charge in [0.15, 0.2) is 0 Å². The van der Waals surface area contributed by atoms with E-state index in [1.807, 2.05) is 0 Å². The summed E-state index contributed by atoms with van der Waals surface area (Å²) in [5.41, 5.74) is 1.33. The van der Waals surface area contributed by atoms with Crippen LogP contribution in [0.4, 0.5) is 0 Å². The van der Waals surface area contributed by atoms with E-state index in [2.05, 4.69) is 21.7 Å². The third-order valence-electron chi connectivity index (χ3n) is 3.03. The van der Waals surface area contributed by atoms with Crippen LogP contribution in [0.15, 0.2) is 16.8 Å². The van der Waals surface area contributed by atoms with Gasteiger partial charge in [-0.25, -0.2) is 0 Å².